The lowest BCUT2D eigenvalue weighted by atomic mass is 10.1. The van der Waals surface area contributed by atoms with Crippen molar-refractivity contribution in [1.29, 1.82) is 0 Å². The number of carbonyl (C=O) groups excluding carboxylic acids is 1. The molecule has 1 aromatic heterocycles. The molecule has 158 valence electrons. The van der Waals surface area contributed by atoms with Crippen LogP contribution >= 0.6 is 11.3 Å². The number of methoxy groups -OCH3 is 1. The molecule has 1 fully saturated rings. The van der Waals surface area contributed by atoms with Crippen molar-refractivity contribution in [3.05, 3.63) is 46.2 Å². The highest BCUT2D eigenvalue weighted by atomic mass is 32.2. The van der Waals surface area contributed by atoms with Gasteiger partial charge in [0.15, 0.2) is 11.5 Å². The molecule has 29 heavy (non-hydrogen) atoms. The summed E-state index contributed by atoms with van der Waals surface area (Å²) < 4.78 is 39.9. The van der Waals surface area contributed by atoms with E-state index in [-0.39, 0.29) is 23.5 Å². The average Bonchev–Trinajstić information content (AvgIpc) is 3.41. The first-order valence-electron chi connectivity index (χ1n) is 9.45. The predicted molar refractivity (Wildman–Crippen MR) is 111 cm³/mol. The van der Waals surface area contributed by atoms with E-state index in [1.807, 2.05) is 11.4 Å². The minimum absolute atomic E-state index is 0.00773. The standard InChI is InChI=1S/C20H25NO6S2/c1-3-29(23,24)27-18-12-15(8-9-17(18)25-2)13-21(14-16-6-4-10-26-16)20(22)19-7-5-11-28-19/h5,7-9,11-12,16H,3-4,6,10,13-14H2,1-2H3/t16-/m0/s1. The van der Waals surface area contributed by atoms with Crippen LogP contribution in [0.4, 0.5) is 0 Å². The minimum Gasteiger partial charge on any atom is -0.493 e. The maximum absolute atomic E-state index is 13.0. The molecule has 1 aliphatic rings. The molecule has 1 aliphatic heterocycles. The van der Waals surface area contributed by atoms with E-state index in [4.69, 9.17) is 13.7 Å². The summed E-state index contributed by atoms with van der Waals surface area (Å²) in [5.41, 5.74) is 0.745. The maximum Gasteiger partial charge on any atom is 0.309 e. The molecule has 9 heteroatoms. The average molecular weight is 440 g/mol. The van der Waals surface area contributed by atoms with Crippen LogP contribution in [0.2, 0.25) is 0 Å². The lowest BCUT2D eigenvalue weighted by molar-refractivity contribution is 0.0511. The molecule has 0 N–H and O–H groups in total. The van der Waals surface area contributed by atoms with Crippen LogP contribution in [0.5, 0.6) is 11.5 Å². The zero-order valence-corrected chi connectivity index (χ0v) is 18.1. The first-order chi connectivity index (χ1) is 13.9. The van der Waals surface area contributed by atoms with Crippen LogP contribution in [0.25, 0.3) is 0 Å². The molecule has 0 unspecified atom stereocenters. The predicted octanol–water partition coefficient (Wildman–Crippen LogP) is 3.31. The number of rotatable bonds is 9. The molecule has 0 aliphatic carbocycles. The van der Waals surface area contributed by atoms with E-state index in [1.165, 1.54) is 25.4 Å². The summed E-state index contributed by atoms with van der Waals surface area (Å²) in [6.45, 7) is 3.01. The second-order valence-electron chi connectivity index (χ2n) is 6.71. The number of carbonyl (C=O) groups is 1. The minimum atomic E-state index is -3.70. The lowest BCUT2D eigenvalue weighted by Gasteiger charge is -2.25. The zero-order valence-electron chi connectivity index (χ0n) is 16.5. The number of amides is 1. The normalized spacial score (nSPS) is 16.6. The summed E-state index contributed by atoms with van der Waals surface area (Å²) in [5.74, 6) is 0.214. The van der Waals surface area contributed by atoms with Gasteiger partial charge in [-0.15, -0.1) is 11.3 Å². The molecule has 1 amide bonds. The fourth-order valence-electron chi connectivity index (χ4n) is 3.11. The Labute approximate surface area is 175 Å². The SMILES string of the molecule is CCS(=O)(=O)Oc1cc(CN(C[C@@H]2CCCO2)C(=O)c2cccs2)ccc1OC. The number of ether oxygens (including phenoxy) is 2. The van der Waals surface area contributed by atoms with Crippen molar-refractivity contribution in [2.75, 3.05) is 26.0 Å². The van der Waals surface area contributed by atoms with Crippen LogP contribution in [0.15, 0.2) is 35.7 Å². The monoisotopic (exact) mass is 439 g/mol. The topological polar surface area (TPSA) is 82.1 Å². The van der Waals surface area contributed by atoms with E-state index in [0.717, 1.165) is 18.4 Å². The van der Waals surface area contributed by atoms with Crippen LogP contribution in [0, 0.1) is 0 Å². The molecule has 0 bridgehead atoms. The maximum atomic E-state index is 13.0. The van der Waals surface area contributed by atoms with Crippen molar-refractivity contribution in [2.24, 2.45) is 0 Å². The Balaban J connectivity index is 1.84. The molecular formula is C20H25NO6S2. The number of nitrogens with zero attached hydrogens (tertiary/aromatic N) is 1. The molecule has 7 nitrogen and oxygen atoms in total. The largest absolute Gasteiger partial charge is 0.493 e. The van der Waals surface area contributed by atoms with E-state index in [0.29, 0.717) is 30.3 Å². The molecule has 2 heterocycles. The quantitative estimate of drug-likeness (QED) is 0.558. The van der Waals surface area contributed by atoms with E-state index < -0.39 is 10.1 Å². The molecule has 0 spiro atoms. The van der Waals surface area contributed by atoms with Crippen LogP contribution in [0.3, 0.4) is 0 Å². The Morgan fingerprint density at radius 2 is 2.14 bits per heavy atom. The van der Waals surface area contributed by atoms with Gasteiger partial charge in [-0.3, -0.25) is 4.79 Å². The van der Waals surface area contributed by atoms with Crippen LogP contribution in [0.1, 0.15) is 35.0 Å². The Kier molecular flexibility index (Phi) is 7.15. The molecule has 0 saturated carbocycles. The number of thiophene rings is 1. The van der Waals surface area contributed by atoms with Gasteiger partial charge < -0.3 is 18.6 Å². The summed E-state index contributed by atoms with van der Waals surface area (Å²) in [6.07, 6.45) is 1.91. The Morgan fingerprint density at radius 1 is 1.31 bits per heavy atom. The van der Waals surface area contributed by atoms with Crippen molar-refractivity contribution in [3.63, 3.8) is 0 Å². The van der Waals surface area contributed by atoms with Crippen molar-refractivity contribution in [1.82, 2.24) is 4.90 Å². The third kappa shape index (κ3) is 5.71. The second kappa shape index (κ2) is 9.60. The van der Waals surface area contributed by atoms with Gasteiger partial charge in [-0.25, -0.2) is 0 Å². The fraction of sp³-hybridized carbons (Fsp3) is 0.450. The highest BCUT2D eigenvalue weighted by Crippen LogP contribution is 2.30. The third-order valence-electron chi connectivity index (χ3n) is 4.64. The third-order valence-corrected chi connectivity index (χ3v) is 6.64. The van der Waals surface area contributed by atoms with E-state index >= 15 is 0 Å². The van der Waals surface area contributed by atoms with Crippen molar-refractivity contribution in [2.45, 2.75) is 32.4 Å². The zero-order chi connectivity index (χ0) is 20.9. The van der Waals surface area contributed by atoms with Gasteiger partial charge >= 0.3 is 10.1 Å². The van der Waals surface area contributed by atoms with Crippen molar-refractivity contribution in [3.8, 4) is 11.5 Å². The highest BCUT2D eigenvalue weighted by Gasteiger charge is 2.25. The molecule has 2 aromatic rings. The Bertz CT molecular complexity index is 920. The second-order valence-corrected chi connectivity index (χ2v) is 9.52. The Morgan fingerprint density at radius 3 is 2.76 bits per heavy atom. The first kappa shape index (κ1) is 21.6. The molecular weight excluding hydrogens is 414 g/mol. The van der Waals surface area contributed by atoms with E-state index in [9.17, 15) is 13.2 Å². The summed E-state index contributed by atoms with van der Waals surface area (Å²) in [7, 11) is -2.25. The van der Waals surface area contributed by atoms with Crippen molar-refractivity contribution < 1.29 is 26.9 Å². The summed E-state index contributed by atoms with van der Waals surface area (Å²) in [6, 6.07) is 8.70. The summed E-state index contributed by atoms with van der Waals surface area (Å²) in [4.78, 5) is 15.4. The van der Waals surface area contributed by atoms with Crippen LogP contribution in [-0.4, -0.2) is 51.3 Å². The van der Waals surface area contributed by atoms with E-state index in [2.05, 4.69) is 0 Å². The molecule has 0 radical (unpaired) electrons. The number of hydrogen-bond acceptors (Lipinski definition) is 7. The van der Waals surface area contributed by atoms with E-state index in [1.54, 1.807) is 29.2 Å². The van der Waals surface area contributed by atoms with Gasteiger partial charge in [-0.1, -0.05) is 12.1 Å². The lowest BCUT2D eigenvalue weighted by Crippen LogP contribution is -2.36. The molecule has 1 saturated heterocycles. The van der Waals surface area contributed by atoms with Gasteiger partial charge in [0.1, 0.15) is 0 Å². The molecule has 1 aromatic carbocycles. The van der Waals surface area contributed by atoms with Gasteiger partial charge in [0.25, 0.3) is 5.91 Å². The molecule has 3 rings (SSSR count). The van der Waals surface area contributed by atoms with Crippen molar-refractivity contribution >= 4 is 27.4 Å². The van der Waals surface area contributed by atoms with Gasteiger partial charge in [-0.05, 0) is 48.9 Å². The van der Waals surface area contributed by atoms with Gasteiger partial charge in [0.05, 0.1) is 23.8 Å². The number of hydrogen-bond donors (Lipinski definition) is 0. The van der Waals surface area contributed by atoms with Gasteiger partial charge in [0.2, 0.25) is 0 Å². The highest BCUT2D eigenvalue weighted by molar-refractivity contribution is 7.87. The first-order valence-corrected chi connectivity index (χ1v) is 11.9. The van der Waals surface area contributed by atoms with Crippen LogP contribution < -0.4 is 8.92 Å². The van der Waals surface area contributed by atoms with Gasteiger partial charge in [-0.2, -0.15) is 8.42 Å². The molecule has 1 atom stereocenters. The summed E-state index contributed by atoms with van der Waals surface area (Å²) >= 11 is 1.39. The number of benzene rings is 1. The summed E-state index contributed by atoms with van der Waals surface area (Å²) in [5, 5.41) is 1.87. The van der Waals surface area contributed by atoms with Crippen LogP contribution in [-0.2, 0) is 21.4 Å². The Hall–Kier alpha value is -2.10. The smallest absolute Gasteiger partial charge is 0.309 e. The van der Waals surface area contributed by atoms with Gasteiger partial charge in [0, 0.05) is 19.7 Å². The fourth-order valence-corrected chi connectivity index (χ4v) is 4.32.